The molecule has 1 atom stereocenters. The minimum atomic E-state index is -0.508. The predicted octanol–water partition coefficient (Wildman–Crippen LogP) is 9.43. The lowest BCUT2D eigenvalue weighted by Crippen LogP contribution is -2.31. The second-order valence-corrected chi connectivity index (χ2v) is 11.0. The summed E-state index contributed by atoms with van der Waals surface area (Å²) in [5, 5.41) is 0. The second kappa shape index (κ2) is 11.5. The molecule has 0 N–H and O–H groups in total. The van der Waals surface area contributed by atoms with E-state index in [2.05, 4.69) is 146 Å². The van der Waals surface area contributed by atoms with Crippen LogP contribution in [0.5, 0.6) is 11.5 Å². The van der Waals surface area contributed by atoms with Crippen molar-refractivity contribution >= 4 is 0 Å². The molecule has 0 aliphatic rings. The highest BCUT2D eigenvalue weighted by atomic mass is 16.5. The first-order valence-corrected chi connectivity index (χ1v) is 13.9. The van der Waals surface area contributed by atoms with Crippen molar-refractivity contribution in [3.63, 3.8) is 0 Å². The van der Waals surface area contributed by atoms with Crippen molar-refractivity contribution in [3.8, 4) is 11.5 Å². The lowest BCUT2D eigenvalue weighted by molar-refractivity contribution is 0.104. The van der Waals surface area contributed by atoms with Gasteiger partial charge in [0.2, 0.25) is 0 Å². The first-order valence-electron chi connectivity index (χ1n) is 13.9. The molecule has 0 fully saturated rings. The van der Waals surface area contributed by atoms with Crippen LogP contribution in [0.2, 0.25) is 0 Å². The molecule has 0 saturated carbocycles. The minimum absolute atomic E-state index is 0.176. The van der Waals surface area contributed by atoms with Gasteiger partial charge in [-0.25, -0.2) is 0 Å². The summed E-state index contributed by atoms with van der Waals surface area (Å²) in [5.41, 5.74) is 6.42. The van der Waals surface area contributed by atoms with Gasteiger partial charge in [-0.15, -0.1) is 0 Å². The molecule has 4 rings (SSSR count). The highest BCUT2D eigenvalue weighted by Gasteiger charge is 2.39. The third kappa shape index (κ3) is 5.50. The van der Waals surface area contributed by atoms with E-state index in [-0.39, 0.29) is 11.7 Å². The maximum Gasteiger partial charge on any atom is 0.123 e. The average molecular weight is 507 g/mol. The van der Waals surface area contributed by atoms with Crippen LogP contribution in [0.3, 0.4) is 0 Å². The van der Waals surface area contributed by atoms with Gasteiger partial charge in [-0.1, -0.05) is 98.8 Å². The van der Waals surface area contributed by atoms with Crippen molar-refractivity contribution in [2.45, 2.75) is 78.4 Å². The molecule has 4 aromatic carbocycles. The van der Waals surface area contributed by atoms with Crippen molar-refractivity contribution in [2.24, 2.45) is 0 Å². The monoisotopic (exact) mass is 506 g/mol. The lowest BCUT2D eigenvalue weighted by Gasteiger charge is -2.38. The number of benzene rings is 4. The van der Waals surface area contributed by atoms with Crippen LogP contribution in [0.4, 0.5) is 0 Å². The zero-order valence-electron chi connectivity index (χ0n) is 24.0. The maximum absolute atomic E-state index is 6.43. The molecule has 0 aliphatic heterocycles. The van der Waals surface area contributed by atoms with Gasteiger partial charge < -0.3 is 9.47 Å². The second-order valence-electron chi connectivity index (χ2n) is 11.0. The molecule has 0 aliphatic carbocycles. The summed E-state index contributed by atoms with van der Waals surface area (Å²) in [6.45, 7) is 15.0. The lowest BCUT2D eigenvalue weighted by atomic mass is 9.64. The normalized spacial score (nSPS) is 12.7. The van der Waals surface area contributed by atoms with E-state index in [1.165, 1.54) is 22.3 Å². The molecule has 1 unspecified atom stereocenters. The number of hydrogen-bond donors (Lipinski definition) is 0. The molecule has 198 valence electrons. The fourth-order valence-electron chi connectivity index (χ4n) is 5.06. The Hall–Kier alpha value is -3.52. The molecule has 0 heterocycles. The molecule has 38 heavy (non-hydrogen) atoms. The molecule has 0 spiro atoms. The van der Waals surface area contributed by atoms with Crippen LogP contribution in [-0.2, 0) is 5.41 Å². The van der Waals surface area contributed by atoms with Crippen LogP contribution >= 0.6 is 0 Å². The van der Waals surface area contributed by atoms with Crippen molar-refractivity contribution < 1.29 is 9.47 Å². The van der Waals surface area contributed by atoms with Gasteiger partial charge in [-0.05, 0) is 93.0 Å². The average Bonchev–Trinajstić information content (AvgIpc) is 2.93. The molecule has 0 bridgehead atoms. The molecule has 0 aromatic heterocycles. The van der Waals surface area contributed by atoms with Crippen molar-refractivity contribution in [3.05, 3.63) is 130 Å². The van der Waals surface area contributed by atoms with Crippen molar-refractivity contribution in [2.75, 3.05) is 0 Å². The summed E-state index contributed by atoms with van der Waals surface area (Å²) in [4.78, 5) is 0. The van der Waals surface area contributed by atoms with E-state index in [4.69, 9.17) is 9.47 Å². The Bertz CT molecular complexity index is 1300. The third-order valence-corrected chi connectivity index (χ3v) is 7.77. The van der Waals surface area contributed by atoms with Crippen molar-refractivity contribution in [1.29, 1.82) is 0 Å². The highest BCUT2D eigenvalue weighted by Crippen LogP contribution is 2.47. The summed E-state index contributed by atoms with van der Waals surface area (Å²) >= 11 is 0. The molecule has 0 radical (unpaired) electrons. The van der Waals surface area contributed by atoms with Crippen LogP contribution < -0.4 is 9.47 Å². The van der Waals surface area contributed by atoms with E-state index < -0.39 is 5.41 Å². The Morgan fingerprint density at radius 2 is 1.11 bits per heavy atom. The number of ether oxygens (including phenoxy) is 2. The van der Waals surface area contributed by atoms with Gasteiger partial charge in [-0.3, -0.25) is 0 Å². The first kappa shape index (κ1) is 27.5. The molecule has 2 nitrogen and oxygen atoms in total. The topological polar surface area (TPSA) is 18.5 Å². The number of rotatable bonds is 10. The van der Waals surface area contributed by atoms with E-state index in [1.807, 2.05) is 0 Å². The Morgan fingerprint density at radius 1 is 0.632 bits per heavy atom. The Balaban J connectivity index is 1.99. The Morgan fingerprint density at radius 3 is 1.53 bits per heavy atom. The number of aryl methyl sites for hydroxylation is 2. The van der Waals surface area contributed by atoms with Crippen LogP contribution in [0, 0.1) is 13.8 Å². The van der Waals surface area contributed by atoms with Gasteiger partial charge in [-0.2, -0.15) is 0 Å². The van der Waals surface area contributed by atoms with Crippen molar-refractivity contribution in [1.82, 2.24) is 0 Å². The zero-order valence-corrected chi connectivity index (χ0v) is 24.0. The van der Waals surface area contributed by atoms with Gasteiger partial charge in [0.25, 0.3) is 0 Å². The third-order valence-electron chi connectivity index (χ3n) is 7.77. The fraction of sp³-hybridized carbons (Fsp3) is 0.333. The molecule has 0 saturated heterocycles. The summed E-state index contributed by atoms with van der Waals surface area (Å²) in [6.07, 6.45) is 2.09. The van der Waals surface area contributed by atoms with Crippen LogP contribution in [-0.4, -0.2) is 11.7 Å². The smallest absolute Gasteiger partial charge is 0.123 e. The molecular weight excluding hydrogens is 464 g/mol. The van der Waals surface area contributed by atoms with Gasteiger partial charge >= 0.3 is 0 Å². The van der Waals surface area contributed by atoms with E-state index in [0.29, 0.717) is 0 Å². The number of hydrogen-bond acceptors (Lipinski definition) is 2. The Labute approximate surface area is 229 Å². The van der Waals surface area contributed by atoms with E-state index in [1.54, 1.807) is 0 Å². The molecular formula is C36H42O2. The molecule has 0 amide bonds. The highest BCUT2D eigenvalue weighted by molar-refractivity contribution is 5.62. The SMILES string of the molecule is CCC(C)Oc1ccc(C(c2ccccc2)(c2ccccc2)c2ccc(OC(C)(C)CC)c(C)c2)cc1C. The van der Waals surface area contributed by atoms with Crippen LogP contribution in [0.1, 0.15) is 80.8 Å². The maximum atomic E-state index is 6.43. The molecule has 2 heteroatoms. The quantitative estimate of drug-likeness (QED) is 0.199. The summed E-state index contributed by atoms with van der Waals surface area (Å²) in [5.74, 6) is 1.88. The summed E-state index contributed by atoms with van der Waals surface area (Å²) in [7, 11) is 0. The standard InChI is InChI=1S/C36H42O2/c1-8-28(5)37-33-22-20-31(24-26(33)3)36(29-16-12-10-13-17-29,30-18-14-11-15-19-30)32-21-23-34(27(4)25-32)38-35(6,7)9-2/h10-25,28H,8-9H2,1-7H3. The van der Waals surface area contributed by atoms with Gasteiger partial charge in [0.15, 0.2) is 0 Å². The first-order chi connectivity index (χ1) is 18.2. The van der Waals surface area contributed by atoms with Gasteiger partial charge in [0.1, 0.15) is 17.1 Å². The zero-order chi connectivity index (χ0) is 27.3. The van der Waals surface area contributed by atoms with Gasteiger partial charge in [0.05, 0.1) is 11.5 Å². The Kier molecular flexibility index (Phi) is 8.31. The minimum Gasteiger partial charge on any atom is -0.490 e. The van der Waals surface area contributed by atoms with Crippen LogP contribution in [0.25, 0.3) is 0 Å². The molecule has 4 aromatic rings. The largest absolute Gasteiger partial charge is 0.490 e. The summed E-state index contributed by atoms with van der Waals surface area (Å²) in [6, 6.07) is 35.1. The van der Waals surface area contributed by atoms with E-state index in [0.717, 1.165) is 35.5 Å². The fourth-order valence-corrected chi connectivity index (χ4v) is 5.06. The van der Waals surface area contributed by atoms with Gasteiger partial charge in [0, 0.05) is 0 Å². The van der Waals surface area contributed by atoms with E-state index >= 15 is 0 Å². The predicted molar refractivity (Wildman–Crippen MR) is 160 cm³/mol. The van der Waals surface area contributed by atoms with E-state index in [9.17, 15) is 0 Å². The van der Waals surface area contributed by atoms with Crippen LogP contribution in [0.15, 0.2) is 97.1 Å². The summed E-state index contributed by atoms with van der Waals surface area (Å²) < 4.78 is 12.7.